The van der Waals surface area contributed by atoms with Crippen LogP contribution in [0.25, 0.3) is 0 Å². The van der Waals surface area contributed by atoms with E-state index in [1.165, 1.54) is 25.7 Å². The number of aliphatic hydroxyl groups is 1. The van der Waals surface area contributed by atoms with E-state index < -0.39 is 24.5 Å². The van der Waals surface area contributed by atoms with E-state index in [4.69, 9.17) is 55.2 Å². The lowest BCUT2D eigenvalue weighted by atomic mass is 9.93. The van der Waals surface area contributed by atoms with Gasteiger partial charge in [-0.05, 0) is 74.9 Å². The second kappa shape index (κ2) is 21.5. The Morgan fingerprint density at radius 3 is 1.33 bits per heavy atom. The van der Waals surface area contributed by atoms with Crippen molar-refractivity contribution in [2.75, 3.05) is 28.4 Å². The molecule has 0 amide bonds. The van der Waals surface area contributed by atoms with Crippen LogP contribution in [-0.4, -0.2) is 86.1 Å². The lowest BCUT2D eigenvalue weighted by molar-refractivity contribution is -0.152. The van der Waals surface area contributed by atoms with Gasteiger partial charge in [-0.3, -0.25) is 4.79 Å². The Labute approximate surface area is 289 Å². The van der Waals surface area contributed by atoms with Gasteiger partial charge in [0.1, 0.15) is 0 Å². The van der Waals surface area contributed by atoms with Crippen LogP contribution >= 0.6 is 0 Å². The van der Waals surface area contributed by atoms with Crippen LogP contribution in [0.15, 0.2) is 36.4 Å². The summed E-state index contributed by atoms with van der Waals surface area (Å²) in [6.45, 7) is 4.12. The molecule has 2 aromatic rings. The standard InChI is InChI=1S/2C16H25NO3.C4H6O5/c2*1-11(20-14-7-5-4-6-13(14)17)12-8-9-15(18-2)16(10-12)19-3;5-2(4(8)9)1-3(6)7/h2*8-11,13-14H,4-7,17H2,1-3H3;2,5H,1H2,(H,6,7)(H,8,9). The fourth-order valence-electron chi connectivity index (χ4n) is 5.73. The van der Waals surface area contributed by atoms with Gasteiger partial charge in [0.15, 0.2) is 29.1 Å². The third-order valence-corrected chi connectivity index (χ3v) is 8.67. The maximum absolute atomic E-state index is 9.72. The van der Waals surface area contributed by atoms with E-state index in [1.54, 1.807) is 28.4 Å². The Balaban J connectivity index is 0.000000275. The summed E-state index contributed by atoms with van der Waals surface area (Å²) < 4.78 is 33.5. The minimum atomic E-state index is -1.79. The van der Waals surface area contributed by atoms with Gasteiger partial charge in [0.05, 0.1) is 59.3 Å². The molecule has 13 heteroatoms. The fourth-order valence-corrected chi connectivity index (χ4v) is 5.73. The lowest BCUT2D eigenvalue weighted by Gasteiger charge is -2.31. The summed E-state index contributed by atoms with van der Waals surface area (Å²) >= 11 is 0. The first-order chi connectivity index (χ1) is 23.3. The van der Waals surface area contributed by atoms with Crippen molar-refractivity contribution in [3.8, 4) is 23.0 Å². The summed E-state index contributed by atoms with van der Waals surface area (Å²) in [5, 5.41) is 24.1. The maximum atomic E-state index is 9.72. The second-order valence-corrected chi connectivity index (χ2v) is 12.2. The van der Waals surface area contributed by atoms with Crippen molar-refractivity contribution in [1.29, 1.82) is 0 Å². The first-order valence-electron chi connectivity index (χ1n) is 16.7. The summed E-state index contributed by atoms with van der Waals surface area (Å²) in [5.74, 6) is 0.0831. The van der Waals surface area contributed by atoms with Crippen molar-refractivity contribution in [3.05, 3.63) is 47.5 Å². The molecule has 0 radical (unpaired) electrons. The number of hydrogen-bond acceptors (Lipinski definition) is 11. The Bertz CT molecular complexity index is 1210. The molecule has 0 bridgehead atoms. The molecule has 4 rings (SSSR count). The number of aliphatic hydroxyl groups excluding tert-OH is 1. The van der Waals surface area contributed by atoms with Gasteiger partial charge in [-0.15, -0.1) is 0 Å². The second-order valence-electron chi connectivity index (χ2n) is 12.2. The average Bonchev–Trinajstić information content (AvgIpc) is 3.09. The van der Waals surface area contributed by atoms with Crippen LogP contribution in [0.1, 0.15) is 95.0 Å². The summed E-state index contributed by atoms with van der Waals surface area (Å²) in [5.41, 5.74) is 14.4. The molecule has 2 fully saturated rings. The highest BCUT2D eigenvalue weighted by Crippen LogP contribution is 2.34. The quantitative estimate of drug-likeness (QED) is 0.188. The SMILES string of the molecule is COc1ccc(C(C)OC2CCCCC2N)cc1OC.COc1ccc(C(C)OC2CCCCC2N)cc1OC.O=C(O)CC(O)C(=O)O. The predicted octanol–water partition coefficient (Wildman–Crippen LogP) is 5.01. The highest BCUT2D eigenvalue weighted by Gasteiger charge is 2.26. The van der Waals surface area contributed by atoms with E-state index in [-0.39, 0.29) is 36.5 Å². The van der Waals surface area contributed by atoms with Crippen molar-refractivity contribution in [3.63, 3.8) is 0 Å². The van der Waals surface area contributed by atoms with Crippen LogP contribution in [-0.2, 0) is 19.1 Å². The fraction of sp³-hybridized carbons (Fsp3) is 0.611. The molecule has 0 aromatic heterocycles. The lowest BCUT2D eigenvalue weighted by Crippen LogP contribution is -2.39. The number of methoxy groups -OCH3 is 4. The molecule has 0 heterocycles. The Hall–Kier alpha value is -3.62. The molecule has 276 valence electrons. The number of carboxylic acids is 2. The topological polar surface area (TPSA) is 202 Å². The van der Waals surface area contributed by atoms with Crippen LogP contribution in [0, 0.1) is 0 Å². The number of rotatable bonds is 13. The number of nitrogens with two attached hydrogens (primary N) is 2. The maximum Gasteiger partial charge on any atom is 0.333 e. The van der Waals surface area contributed by atoms with Crippen LogP contribution in [0.2, 0.25) is 0 Å². The van der Waals surface area contributed by atoms with Crippen molar-refractivity contribution in [1.82, 2.24) is 0 Å². The van der Waals surface area contributed by atoms with Gasteiger partial charge in [0.25, 0.3) is 0 Å². The molecule has 2 aliphatic carbocycles. The molecule has 7 unspecified atom stereocenters. The average molecular weight is 693 g/mol. The number of benzene rings is 2. The highest BCUT2D eigenvalue weighted by atomic mass is 16.5. The number of carbonyl (C=O) groups is 2. The smallest absolute Gasteiger partial charge is 0.333 e. The largest absolute Gasteiger partial charge is 0.493 e. The molecule has 0 aliphatic heterocycles. The first-order valence-corrected chi connectivity index (χ1v) is 16.7. The zero-order valence-corrected chi connectivity index (χ0v) is 29.6. The molecule has 2 aromatic carbocycles. The van der Waals surface area contributed by atoms with Gasteiger partial charge < -0.3 is 55.2 Å². The predicted molar refractivity (Wildman–Crippen MR) is 184 cm³/mol. The molecular weight excluding hydrogens is 636 g/mol. The van der Waals surface area contributed by atoms with E-state index in [1.807, 2.05) is 36.4 Å². The molecule has 13 nitrogen and oxygen atoms in total. The van der Waals surface area contributed by atoms with E-state index in [0.29, 0.717) is 0 Å². The van der Waals surface area contributed by atoms with Crippen LogP contribution in [0.3, 0.4) is 0 Å². The van der Waals surface area contributed by atoms with Crippen molar-refractivity contribution in [2.24, 2.45) is 11.5 Å². The van der Waals surface area contributed by atoms with E-state index in [2.05, 4.69) is 13.8 Å². The van der Waals surface area contributed by atoms with Crippen molar-refractivity contribution < 1.29 is 53.3 Å². The van der Waals surface area contributed by atoms with Crippen LogP contribution < -0.4 is 30.4 Å². The molecule has 2 saturated carbocycles. The summed E-state index contributed by atoms with van der Waals surface area (Å²) in [4.78, 5) is 19.4. The van der Waals surface area contributed by atoms with Crippen LogP contribution in [0.4, 0.5) is 0 Å². The van der Waals surface area contributed by atoms with E-state index in [9.17, 15) is 9.59 Å². The third-order valence-electron chi connectivity index (χ3n) is 8.67. The summed E-state index contributed by atoms with van der Waals surface area (Å²) in [7, 11) is 6.56. The van der Waals surface area contributed by atoms with Gasteiger partial charge in [0, 0.05) is 12.1 Å². The zero-order valence-electron chi connectivity index (χ0n) is 29.6. The van der Waals surface area contributed by atoms with Gasteiger partial charge in [-0.2, -0.15) is 0 Å². The van der Waals surface area contributed by atoms with Gasteiger partial charge in [-0.25, -0.2) is 4.79 Å². The minimum Gasteiger partial charge on any atom is -0.493 e. The highest BCUT2D eigenvalue weighted by molar-refractivity contribution is 5.79. The normalized spacial score (nSPS) is 22.1. The molecule has 0 saturated heterocycles. The number of ether oxygens (including phenoxy) is 6. The van der Waals surface area contributed by atoms with Gasteiger partial charge in [0.2, 0.25) is 0 Å². The van der Waals surface area contributed by atoms with Crippen molar-refractivity contribution >= 4 is 11.9 Å². The molecule has 0 spiro atoms. The molecule has 49 heavy (non-hydrogen) atoms. The molecular formula is C36H56N2O11. The molecule has 7 N–H and O–H groups in total. The van der Waals surface area contributed by atoms with E-state index in [0.717, 1.165) is 59.8 Å². The molecule has 7 atom stereocenters. The van der Waals surface area contributed by atoms with Gasteiger partial charge in [-0.1, -0.05) is 37.8 Å². The summed E-state index contributed by atoms with van der Waals surface area (Å²) in [6, 6.07) is 12.1. The third kappa shape index (κ3) is 13.7. The molecule has 2 aliphatic rings. The summed E-state index contributed by atoms with van der Waals surface area (Å²) in [6.07, 6.45) is 6.85. The monoisotopic (exact) mass is 692 g/mol. The minimum absolute atomic E-state index is 0.00366. The van der Waals surface area contributed by atoms with Crippen molar-refractivity contribution in [2.45, 2.75) is 114 Å². The first kappa shape index (κ1) is 41.6. The number of carboxylic acid groups (broad SMARTS) is 2. The van der Waals surface area contributed by atoms with Gasteiger partial charge >= 0.3 is 11.9 Å². The number of hydrogen-bond donors (Lipinski definition) is 5. The Kier molecular flexibility index (Phi) is 18.2. The van der Waals surface area contributed by atoms with Crippen LogP contribution in [0.5, 0.6) is 23.0 Å². The Morgan fingerprint density at radius 1 is 0.673 bits per heavy atom. The Morgan fingerprint density at radius 2 is 1.04 bits per heavy atom. The zero-order chi connectivity index (χ0) is 36.5. The number of aliphatic carboxylic acids is 2. The van der Waals surface area contributed by atoms with E-state index >= 15 is 0 Å².